The fraction of sp³-hybridized carbons (Fsp3) is 0.286. The highest BCUT2D eigenvalue weighted by atomic mass is 16.3. The van der Waals surface area contributed by atoms with Gasteiger partial charge in [-0.1, -0.05) is 12.1 Å². The van der Waals surface area contributed by atoms with Crippen LogP contribution in [0.2, 0.25) is 0 Å². The summed E-state index contributed by atoms with van der Waals surface area (Å²) in [4.78, 5) is 19.2. The van der Waals surface area contributed by atoms with E-state index in [2.05, 4.69) is 9.97 Å². The second-order valence-corrected chi connectivity index (χ2v) is 4.56. The molecule has 2 aromatic rings. The van der Waals surface area contributed by atoms with Gasteiger partial charge >= 0.3 is 0 Å². The summed E-state index contributed by atoms with van der Waals surface area (Å²) in [6.07, 6.45) is 3.77. The number of aryl methyl sites for hydroxylation is 1. The number of benzene rings is 1. The fourth-order valence-electron chi connectivity index (χ4n) is 2.40. The van der Waals surface area contributed by atoms with Crippen LogP contribution in [0.5, 0.6) is 5.75 Å². The first-order chi connectivity index (χ1) is 8.75. The average Bonchev–Trinajstić information content (AvgIpc) is 2.39. The van der Waals surface area contributed by atoms with Gasteiger partial charge in [0.15, 0.2) is 0 Å². The highest BCUT2D eigenvalue weighted by Gasteiger charge is 2.16. The summed E-state index contributed by atoms with van der Waals surface area (Å²) in [6, 6.07) is 6.90. The Morgan fingerprint density at radius 3 is 2.78 bits per heavy atom. The molecule has 1 aromatic heterocycles. The first-order valence-electron chi connectivity index (χ1n) is 6.16. The molecule has 0 aliphatic heterocycles. The highest BCUT2D eigenvalue weighted by Crippen LogP contribution is 2.26. The first-order valence-corrected chi connectivity index (χ1v) is 6.16. The van der Waals surface area contributed by atoms with Gasteiger partial charge in [0.2, 0.25) is 0 Å². The van der Waals surface area contributed by atoms with Crippen LogP contribution < -0.4 is 5.56 Å². The lowest BCUT2D eigenvalue weighted by molar-refractivity contribution is 0.476. The van der Waals surface area contributed by atoms with Gasteiger partial charge in [0.25, 0.3) is 5.56 Å². The minimum absolute atomic E-state index is 0.0713. The molecule has 0 spiro atoms. The summed E-state index contributed by atoms with van der Waals surface area (Å²) >= 11 is 0. The van der Waals surface area contributed by atoms with Crippen molar-refractivity contribution in [2.24, 2.45) is 0 Å². The topological polar surface area (TPSA) is 66.0 Å². The standard InChI is InChI=1S/C14H14N2O2/c17-12-8-4-2-6-10(12)13-15-11-7-3-1-5-9(11)14(18)16-13/h2,4,6,8,17H,1,3,5,7H2,(H,15,16,18). The molecule has 1 aliphatic rings. The fourth-order valence-corrected chi connectivity index (χ4v) is 2.40. The van der Waals surface area contributed by atoms with Crippen molar-refractivity contribution in [2.75, 3.05) is 0 Å². The van der Waals surface area contributed by atoms with E-state index in [1.807, 2.05) is 6.07 Å². The summed E-state index contributed by atoms with van der Waals surface area (Å²) < 4.78 is 0. The Balaban J connectivity index is 2.17. The molecule has 1 heterocycles. The van der Waals surface area contributed by atoms with Gasteiger partial charge in [0, 0.05) is 5.56 Å². The molecule has 3 rings (SSSR count). The molecule has 0 unspecified atom stereocenters. The van der Waals surface area contributed by atoms with Crippen LogP contribution in [0.25, 0.3) is 11.4 Å². The molecule has 0 radical (unpaired) electrons. The van der Waals surface area contributed by atoms with E-state index in [0.717, 1.165) is 36.9 Å². The number of aromatic hydroxyl groups is 1. The zero-order valence-corrected chi connectivity index (χ0v) is 9.94. The van der Waals surface area contributed by atoms with Crippen LogP contribution in [-0.2, 0) is 12.8 Å². The number of hydrogen-bond donors (Lipinski definition) is 2. The molecule has 1 aliphatic carbocycles. The Morgan fingerprint density at radius 2 is 1.94 bits per heavy atom. The van der Waals surface area contributed by atoms with Crippen LogP contribution in [0.15, 0.2) is 29.1 Å². The first kappa shape index (κ1) is 11.0. The minimum atomic E-state index is -0.0713. The van der Waals surface area contributed by atoms with Crippen LogP contribution in [0.1, 0.15) is 24.1 Å². The van der Waals surface area contributed by atoms with Crippen molar-refractivity contribution in [3.8, 4) is 17.1 Å². The number of para-hydroxylation sites is 1. The molecule has 18 heavy (non-hydrogen) atoms. The van der Waals surface area contributed by atoms with Crippen LogP contribution in [0.3, 0.4) is 0 Å². The van der Waals surface area contributed by atoms with Gasteiger partial charge in [-0.05, 0) is 37.8 Å². The number of aromatic amines is 1. The maximum Gasteiger partial charge on any atom is 0.254 e. The highest BCUT2D eigenvalue weighted by molar-refractivity contribution is 5.63. The minimum Gasteiger partial charge on any atom is -0.507 e. The zero-order valence-electron chi connectivity index (χ0n) is 9.94. The third-order valence-corrected chi connectivity index (χ3v) is 3.35. The van der Waals surface area contributed by atoms with Crippen molar-refractivity contribution in [1.82, 2.24) is 9.97 Å². The van der Waals surface area contributed by atoms with Crippen LogP contribution >= 0.6 is 0 Å². The molecule has 0 saturated heterocycles. The predicted molar refractivity (Wildman–Crippen MR) is 68.6 cm³/mol. The summed E-state index contributed by atoms with van der Waals surface area (Å²) in [7, 11) is 0. The average molecular weight is 242 g/mol. The van der Waals surface area contributed by atoms with Crippen molar-refractivity contribution in [3.63, 3.8) is 0 Å². The maximum atomic E-state index is 12.0. The predicted octanol–water partition coefficient (Wildman–Crippen LogP) is 2.02. The number of nitrogens with zero attached hydrogens (tertiary/aromatic N) is 1. The molecular formula is C14H14N2O2. The monoisotopic (exact) mass is 242 g/mol. The molecule has 0 fully saturated rings. The van der Waals surface area contributed by atoms with E-state index in [-0.39, 0.29) is 11.3 Å². The van der Waals surface area contributed by atoms with Gasteiger partial charge in [-0.3, -0.25) is 4.79 Å². The van der Waals surface area contributed by atoms with Gasteiger partial charge < -0.3 is 10.1 Å². The number of hydrogen-bond acceptors (Lipinski definition) is 3. The lowest BCUT2D eigenvalue weighted by atomic mass is 9.97. The van der Waals surface area contributed by atoms with Crippen LogP contribution in [0.4, 0.5) is 0 Å². The Kier molecular flexibility index (Phi) is 2.63. The summed E-state index contributed by atoms with van der Waals surface area (Å²) in [5, 5.41) is 9.80. The Labute approximate surface area is 104 Å². The number of fused-ring (bicyclic) bond motifs is 1. The van der Waals surface area contributed by atoms with Crippen molar-refractivity contribution in [2.45, 2.75) is 25.7 Å². The second kappa shape index (κ2) is 4.29. The molecule has 4 heteroatoms. The third-order valence-electron chi connectivity index (χ3n) is 3.35. The molecular weight excluding hydrogens is 228 g/mol. The number of H-pyrrole nitrogens is 1. The second-order valence-electron chi connectivity index (χ2n) is 4.56. The molecule has 0 bridgehead atoms. The Hall–Kier alpha value is -2.10. The smallest absolute Gasteiger partial charge is 0.254 e. The molecule has 4 nitrogen and oxygen atoms in total. The van der Waals surface area contributed by atoms with Gasteiger partial charge in [-0.2, -0.15) is 0 Å². The van der Waals surface area contributed by atoms with Gasteiger partial charge in [-0.15, -0.1) is 0 Å². The number of aromatic nitrogens is 2. The van der Waals surface area contributed by atoms with Crippen LogP contribution in [-0.4, -0.2) is 15.1 Å². The van der Waals surface area contributed by atoms with E-state index in [4.69, 9.17) is 0 Å². The van der Waals surface area contributed by atoms with Gasteiger partial charge in [0.1, 0.15) is 11.6 Å². The Morgan fingerprint density at radius 1 is 1.17 bits per heavy atom. The lowest BCUT2D eigenvalue weighted by Gasteiger charge is -2.14. The van der Waals surface area contributed by atoms with E-state index < -0.39 is 0 Å². The van der Waals surface area contributed by atoms with Gasteiger partial charge in [0.05, 0.1) is 11.3 Å². The van der Waals surface area contributed by atoms with Crippen molar-refractivity contribution in [3.05, 3.63) is 45.9 Å². The number of phenolic OH excluding ortho intramolecular Hbond substituents is 1. The van der Waals surface area contributed by atoms with E-state index in [1.54, 1.807) is 18.2 Å². The quantitative estimate of drug-likeness (QED) is 0.804. The number of phenols is 1. The molecule has 92 valence electrons. The molecule has 2 N–H and O–H groups in total. The zero-order chi connectivity index (χ0) is 12.5. The molecule has 1 aromatic carbocycles. The molecule has 0 atom stereocenters. The molecule has 0 saturated carbocycles. The summed E-state index contributed by atoms with van der Waals surface area (Å²) in [5.41, 5.74) is 2.18. The SMILES string of the molecule is O=c1[nH]c(-c2ccccc2O)nc2c1CCCC2. The largest absolute Gasteiger partial charge is 0.507 e. The van der Waals surface area contributed by atoms with Crippen molar-refractivity contribution >= 4 is 0 Å². The molecule has 0 amide bonds. The third kappa shape index (κ3) is 1.79. The lowest BCUT2D eigenvalue weighted by Crippen LogP contribution is -2.21. The van der Waals surface area contributed by atoms with Crippen molar-refractivity contribution < 1.29 is 5.11 Å². The number of rotatable bonds is 1. The van der Waals surface area contributed by atoms with E-state index in [0.29, 0.717) is 11.4 Å². The van der Waals surface area contributed by atoms with Crippen LogP contribution in [0, 0.1) is 0 Å². The summed E-state index contributed by atoms with van der Waals surface area (Å²) in [6.45, 7) is 0. The van der Waals surface area contributed by atoms with Gasteiger partial charge in [-0.25, -0.2) is 4.98 Å². The summed E-state index contributed by atoms with van der Waals surface area (Å²) in [5.74, 6) is 0.593. The van der Waals surface area contributed by atoms with E-state index >= 15 is 0 Å². The van der Waals surface area contributed by atoms with E-state index in [9.17, 15) is 9.90 Å². The normalized spacial score (nSPS) is 14.2. The maximum absolute atomic E-state index is 12.0. The van der Waals surface area contributed by atoms with Crippen molar-refractivity contribution in [1.29, 1.82) is 0 Å². The number of nitrogens with one attached hydrogen (secondary N) is 1. The van der Waals surface area contributed by atoms with E-state index in [1.165, 1.54) is 0 Å². The Bertz CT molecular complexity index is 646.